The molecule has 3 rings (SSSR count). The van der Waals surface area contributed by atoms with E-state index in [1.807, 2.05) is 28.8 Å². The Labute approximate surface area is 146 Å². The number of methoxy groups -OCH3 is 1. The van der Waals surface area contributed by atoms with Crippen molar-refractivity contribution in [2.45, 2.75) is 25.9 Å². The van der Waals surface area contributed by atoms with Crippen molar-refractivity contribution in [1.82, 2.24) is 20.2 Å². The minimum absolute atomic E-state index is 0.211. The molecule has 8 nitrogen and oxygen atoms in total. The highest BCUT2D eigenvalue weighted by Crippen LogP contribution is 2.26. The van der Waals surface area contributed by atoms with Gasteiger partial charge in [0.15, 0.2) is 0 Å². The topological polar surface area (TPSA) is 88.5 Å². The van der Waals surface area contributed by atoms with Gasteiger partial charge in [-0.25, -0.2) is 9.78 Å². The molecule has 8 heteroatoms. The Hall–Kier alpha value is -2.61. The van der Waals surface area contributed by atoms with Crippen LogP contribution in [0.5, 0.6) is 0 Å². The predicted molar refractivity (Wildman–Crippen MR) is 94.6 cm³/mol. The Balaban J connectivity index is 1.60. The number of hydrogen-bond acceptors (Lipinski definition) is 4. The molecule has 2 aromatic rings. The predicted octanol–water partition coefficient (Wildman–Crippen LogP) is 1.11. The van der Waals surface area contributed by atoms with Gasteiger partial charge in [0.2, 0.25) is 11.9 Å². The summed E-state index contributed by atoms with van der Waals surface area (Å²) in [6.45, 7) is 4.02. The van der Waals surface area contributed by atoms with Crippen LogP contribution in [0.15, 0.2) is 24.3 Å². The van der Waals surface area contributed by atoms with Crippen molar-refractivity contribution >= 4 is 28.9 Å². The molecule has 1 aromatic carbocycles. The normalized spacial score (nSPS) is 14.4. The lowest BCUT2D eigenvalue weighted by Gasteiger charge is -2.19. The third-order valence-corrected chi connectivity index (χ3v) is 4.23. The first-order valence-corrected chi connectivity index (χ1v) is 8.41. The number of nitrogens with one attached hydrogen (secondary N) is 2. The number of imidazole rings is 1. The number of benzene rings is 1. The Bertz CT molecular complexity index is 773. The van der Waals surface area contributed by atoms with Crippen LogP contribution in [0.1, 0.15) is 13.3 Å². The zero-order chi connectivity index (χ0) is 17.8. The fraction of sp³-hybridized carbons (Fsp3) is 0.471. The van der Waals surface area contributed by atoms with Gasteiger partial charge < -0.3 is 19.9 Å². The van der Waals surface area contributed by atoms with Gasteiger partial charge in [-0.15, -0.1) is 0 Å². The first-order chi connectivity index (χ1) is 12.1. The van der Waals surface area contributed by atoms with E-state index in [-0.39, 0.29) is 11.9 Å². The first-order valence-electron chi connectivity index (χ1n) is 8.41. The van der Waals surface area contributed by atoms with E-state index in [9.17, 15) is 9.59 Å². The molecular weight excluding hydrogens is 322 g/mol. The minimum Gasteiger partial charge on any atom is -0.385 e. The monoisotopic (exact) mass is 345 g/mol. The van der Waals surface area contributed by atoms with E-state index in [1.54, 1.807) is 18.9 Å². The molecule has 0 saturated heterocycles. The molecule has 0 spiro atoms. The number of urea groups is 1. The third kappa shape index (κ3) is 3.58. The Morgan fingerprint density at radius 2 is 2.12 bits per heavy atom. The van der Waals surface area contributed by atoms with Crippen LogP contribution >= 0.6 is 0 Å². The number of anilines is 1. The summed E-state index contributed by atoms with van der Waals surface area (Å²) in [5.41, 5.74) is 1.87. The second-order valence-corrected chi connectivity index (χ2v) is 6.01. The van der Waals surface area contributed by atoms with Crippen molar-refractivity contribution in [3.05, 3.63) is 24.3 Å². The summed E-state index contributed by atoms with van der Waals surface area (Å²) in [5.74, 6) is 0.406. The van der Waals surface area contributed by atoms with Gasteiger partial charge in [0.1, 0.15) is 6.04 Å². The van der Waals surface area contributed by atoms with E-state index in [0.29, 0.717) is 32.2 Å². The summed E-state index contributed by atoms with van der Waals surface area (Å²) < 4.78 is 6.96. The number of carbonyl (C=O) groups excluding carboxylic acids is 2. The molecule has 1 aliphatic heterocycles. The number of aromatic nitrogens is 2. The zero-order valence-electron chi connectivity index (χ0n) is 14.5. The number of rotatable bonds is 6. The average molecular weight is 345 g/mol. The van der Waals surface area contributed by atoms with Crippen LogP contribution in [-0.4, -0.2) is 54.3 Å². The minimum atomic E-state index is -0.617. The number of para-hydroxylation sites is 2. The second kappa shape index (κ2) is 7.52. The van der Waals surface area contributed by atoms with Crippen molar-refractivity contribution in [1.29, 1.82) is 0 Å². The van der Waals surface area contributed by atoms with Crippen molar-refractivity contribution in [2.24, 2.45) is 0 Å². The maximum atomic E-state index is 12.5. The van der Waals surface area contributed by atoms with Crippen LogP contribution < -0.4 is 15.5 Å². The highest BCUT2D eigenvalue weighted by Gasteiger charge is 2.29. The summed E-state index contributed by atoms with van der Waals surface area (Å²) in [6, 6.07) is 6.86. The number of nitrogens with zero attached hydrogens (tertiary/aromatic N) is 3. The largest absolute Gasteiger partial charge is 0.385 e. The van der Waals surface area contributed by atoms with Crippen LogP contribution in [-0.2, 0) is 16.1 Å². The lowest BCUT2D eigenvalue weighted by Crippen LogP contribution is -2.50. The fourth-order valence-electron chi connectivity index (χ4n) is 2.89. The molecule has 134 valence electrons. The molecule has 1 atom stereocenters. The molecule has 0 aliphatic carbocycles. The molecular formula is C17H23N5O3. The Kier molecular flexibility index (Phi) is 5.18. The first kappa shape index (κ1) is 17.2. The van der Waals surface area contributed by atoms with Gasteiger partial charge in [-0.3, -0.25) is 9.69 Å². The van der Waals surface area contributed by atoms with Crippen LogP contribution in [0, 0.1) is 0 Å². The van der Waals surface area contributed by atoms with Gasteiger partial charge in [0, 0.05) is 33.4 Å². The summed E-state index contributed by atoms with van der Waals surface area (Å²) in [5, 5.41) is 5.52. The third-order valence-electron chi connectivity index (χ3n) is 4.23. The van der Waals surface area contributed by atoms with Gasteiger partial charge >= 0.3 is 6.03 Å². The van der Waals surface area contributed by atoms with Crippen molar-refractivity contribution in [3.8, 4) is 0 Å². The molecule has 1 aromatic heterocycles. The molecule has 1 aliphatic rings. The van der Waals surface area contributed by atoms with Crippen LogP contribution in [0.4, 0.5) is 10.7 Å². The van der Waals surface area contributed by atoms with Crippen molar-refractivity contribution < 1.29 is 14.3 Å². The average Bonchev–Trinajstić information content (AvgIpc) is 3.17. The van der Waals surface area contributed by atoms with E-state index in [0.717, 1.165) is 17.5 Å². The van der Waals surface area contributed by atoms with Gasteiger partial charge in [0.25, 0.3) is 0 Å². The molecule has 3 amide bonds. The SMILES string of the molecule is COCCCNC(=O)[C@@H](C)NC(=O)N1CCn2c1nc1ccccc12. The second-order valence-electron chi connectivity index (χ2n) is 6.01. The number of hydrogen-bond donors (Lipinski definition) is 2. The summed E-state index contributed by atoms with van der Waals surface area (Å²) in [6.07, 6.45) is 0.735. The molecule has 0 bridgehead atoms. The lowest BCUT2D eigenvalue weighted by molar-refractivity contribution is -0.122. The number of fused-ring (bicyclic) bond motifs is 3. The van der Waals surface area contributed by atoms with Gasteiger partial charge in [-0.1, -0.05) is 12.1 Å². The van der Waals surface area contributed by atoms with E-state index in [4.69, 9.17) is 4.74 Å². The smallest absolute Gasteiger partial charge is 0.324 e. The Morgan fingerprint density at radius 1 is 1.32 bits per heavy atom. The summed E-state index contributed by atoms with van der Waals surface area (Å²) in [4.78, 5) is 30.7. The highest BCUT2D eigenvalue weighted by atomic mass is 16.5. The van der Waals surface area contributed by atoms with Crippen LogP contribution in [0.3, 0.4) is 0 Å². The fourth-order valence-corrected chi connectivity index (χ4v) is 2.89. The van der Waals surface area contributed by atoms with E-state index in [2.05, 4.69) is 15.6 Å². The van der Waals surface area contributed by atoms with E-state index in [1.165, 1.54) is 0 Å². The molecule has 0 radical (unpaired) electrons. The van der Waals surface area contributed by atoms with E-state index >= 15 is 0 Å². The quantitative estimate of drug-likeness (QED) is 0.768. The standard InChI is InChI=1S/C17H23N5O3/c1-12(15(23)18-8-5-11-25-2)19-17(24)22-10-9-21-14-7-4-3-6-13(14)20-16(21)22/h3-4,6-7,12H,5,8-11H2,1-2H3,(H,18,23)(H,19,24)/t12-/m1/s1. The van der Waals surface area contributed by atoms with Crippen LogP contribution in [0.25, 0.3) is 11.0 Å². The Morgan fingerprint density at radius 3 is 2.92 bits per heavy atom. The van der Waals surface area contributed by atoms with Gasteiger partial charge in [-0.05, 0) is 25.5 Å². The van der Waals surface area contributed by atoms with Gasteiger partial charge in [-0.2, -0.15) is 0 Å². The number of ether oxygens (including phenoxy) is 1. The molecule has 25 heavy (non-hydrogen) atoms. The molecule has 0 saturated carbocycles. The summed E-state index contributed by atoms with van der Waals surface area (Å²) >= 11 is 0. The van der Waals surface area contributed by atoms with Crippen molar-refractivity contribution in [3.63, 3.8) is 0 Å². The zero-order valence-corrected chi connectivity index (χ0v) is 14.5. The molecule has 0 unspecified atom stereocenters. The number of carbonyl (C=O) groups is 2. The number of amides is 3. The van der Waals surface area contributed by atoms with E-state index < -0.39 is 6.04 Å². The lowest BCUT2D eigenvalue weighted by atomic mass is 10.3. The summed E-state index contributed by atoms with van der Waals surface area (Å²) in [7, 11) is 1.62. The maximum Gasteiger partial charge on any atom is 0.324 e. The maximum absolute atomic E-state index is 12.5. The highest BCUT2D eigenvalue weighted by molar-refractivity contribution is 5.96. The molecule has 2 heterocycles. The van der Waals surface area contributed by atoms with Crippen molar-refractivity contribution in [2.75, 3.05) is 31.7 Å². The molecule has 0 fully saturated rings. The van der Waals surface area contributed by atoms with Crippen LogP contribution in [0.2, 0.25) is 0 Å². The van der Waals surface area contributed by atoms with Gasteiger partial charge in [0.05, 0.1) is 11.0 Å². The molecule has 2 N–H and O–H groups in total.